The Morgan fingerprint density at radius 1 is 1.21 bits per heavy atom. The van der Waals surface area contributed by atoms with Gasteiger partial charge in [0.25, 0.3) is 5.91 Å². The highest BCUT2D eigenvalue weighted by molar-refractivity contribution is 5.94. The number of hydrogen-bond donors (Lipinski definition) is 2. The maximum absolute atomic E-state index is 12.0. The Balaban J connectivity index is 2.42. The molecule has 0 aliphatic carbocycles. The second kappa shape index (κ2) is 7.17. The minimum absolute atomic E-state index is 0.0245. The zero-order valence-corrected chi connectivity index (χ0v) is 12.3. The summed E-state index contributed by atoms with van der Waals surface area (Å²) in [5, 5.41) is 3.01. The summed E-state index contributed by atoms with van der Waals surface area (Å²) in [7, 11) is 0. The molecule has 0 fully saturated rings. The molecular formula is C16H26N2O. The molecule has 0 bridgehead atoms. The number of nitrogen functional groups attached to an aromatic ring is 1. The average molecular weight is 262 g/mol. The van der Waals surface area contributed by atoms with Gasteiger partial charge in [-0.1, -0.05) is 40.0 Å². The van der Waals surface area contributed by atoms with E-state index in [1.54, 1.807) is 24.3 Å². The van der Waals surface area contributed by atoms with Crippen LogP contribution in [0.15, 0.2) is 24.3 Å². The standard InChI is InChI=1S/C16H26N2O/c1-4-5-6-11-16(2,3)12-18-15(19)13-7-9-14(17)10-8-13/h7-10H,4-6,11-12,17H2,1-3H3,(H,18,19). The number of hydrogen-bond acceptors (Lipinski definition) is 2. The summed E-state index contributed by atoms with van der Waals surface area (Å²) in [6.45, 7) is 7.31. The third-order valence-electron chi connectivity index (χ3n) is 3.36. The van der Waals surface area contributed by atoms with Gasteiger partial charge in [0.2, 0.25) is 0 Å². The van der Waals surface area contributed by atoms with E-state index in [9.17, 15) is 4.79 Å². The number of amides is 1. The molecule has 1 amide bonds. The summed E-state index contributed by atoms with van der Waals surface area (Å²) in [5.41, 5.74) is 7.10. The summed E-state index contributed by atoms with van der Waals surface area (Å²) in [5.74, 6) is -0.0245. The minimum Gasteiger partial charge on any atom is -0.399 e. The number of anilines is 1. The Labute approximate surface area is 116 Å². The molecule has 0 heterocycles. The Morgan fingerprint density at radius 2 is 1.84 bits per heavy atom. The van der Waals surface area contributed by atoms with Gasteiger partial charge in [0.1, 0.15) is 0 Å². The fourth-order valence-electron chi connectivity index (χ4n) is 2.00. The monoisotopic (exact) mass is 262 g/mol. The van der Waals surface area contributed by atoms with Crippen molar-refractivity contribution >= 4 is 11.6 Å². The van der Waals surface area contributed by atoms with E-state index in [-0.39, 0.29) is 11.3 Å². The SMILES string of the molecule is CCCCCC(C)(C)CNC(=O)c1ccc(N)cc1. The normalized spacial score (nSPS) is 11.3. The molecule has 19 heavy (non-hydrogen) atoms. The first-order valence-electron chi connectivity index (χ1n) is 7.08. The van der Waals surface area contributed by atoms with Crippen molar-refractivity contribution in [2.45, 2.75) is 46.5 Å². The zero-order chi connectivity index (χ0) is 14.3. The van der Waals surface area contributed by atoms with Crippen molar-refractivity contribution in [1.82, 2.24) is 5.32 Å². The van der Waals surface area contributed by atoms with E-state index in [0.717, 1.165) is 6.42 Å². The van der Waals surface area contributed by atoms with Gasteiger partial charge in [-0.25, -0.2) is 0 Å². The molecule has 1 aromatic rings. The van der Waals surface area contributed by atoms with Crippen LogP contribution in [0.4, 0.5) is 5.69 Å². The summed E-state index contributed by atoms with van der Waals surface area (Å²) < 4.78 is 0. The van der Waals surface area contributed by atoms with Crippen LogP contribution in [-0.2, 0) is 0 Å². The highest BCUT2D eigenvalue weighted by atomic mass is 16.1. The summed E-state index contributed by atoms with van der Waals surface area (Å²) in [6.07, 6.45) is 4.85. The number of unbranched alkanes of at least 4 members (excludes halogenated alkanes) is 2. The van der Waals surface area contributed by atoms with Gasteiger partial charge < -0.3 is 11.1 Å². The highest BCUT2D eigenvalue weighted by Gasteiger charge is 2.18. The molecule has 3 nitrogen and oxygen atoms in total. The van der Waals surface area contributed by atoms with Crippen LogP contribution in [0.5, 0.6) is 0 Å². The minimum atomic E-state index is -0.0245. The van der Waals surface area contributed by atoms with Crippen LogP contribution in [0, 0.1) is 5.41 Å². The molecule has 0 saturated heterocycles. The number of carbonyl (C=O) groups excluding carboxylic acids is 1. The zero-order valence-electron chi connectivity index (χ0n) is 12.3. The molecule has 3 heteroatoms. The van der Waals surface area contributed by atoms with Crippen LogP contribution in [0.3, 0.4) is 0 Å². The van der Waals surface area contributed by atoms with Crippen LogP contribution in [-0.4, -0.2) is 12.5 Å². The molecule has 1 aromatic carbocycles. The van der Waals surface area contributed by atoms with Crippen molar-refractivity contribution < 1.29 is 4.79 Å². The van der Waals surface area contributed by atoms with Gasteiger partial charge in [0, 0.05) is 17.8 Å². The molecular weight excluding hydrogens is 236 g/mol. The van der Waals surface area contributed by atoms with Crippen LogP contribution in [0.25, 0.3) is 0 Å². The fraction of sp³-hybridized carbons (Fsp3) is 0.562. The molecule has 1 rings (SSSR count). The molecule has 0 radical (unpaired) electrons. The van der Waals surface area contributed by atoms with E-state index in [1.165, 1.54) is 19.3 Å². The third-order valence-corrected chi connectivity index (χ3v) is 3.36. The van der Waals surface area contributed by atoms with E-state index in [0.29, 0.717) is 17.8 Å². The van der Waals surface area contributed by atoms with Crippen molar-refractivity contribution in [1.29, 1.82) is 0 Å². The average Bonchev–Trinajstić information content (AvgIpc) is 2.37. The molecule has 0 atom stereocenters. The van der Waals surface area contributed by atoms with Gasteiger partial charge in [0.05, 0.1) is 0 Å². The van der Waals surface area contributed by atoms with Crippen LogP contribution in [0.1, 0.15) is 56.8 Å². The Bertz CT molecular complexity index is 396. The predicted molar refractivity (Wildman–Crippen MR) is 81.1 cm³/mol. The summed E-state index contributed by atoms with van der Waals surface area (Å²) in [6, 6.07) is 7.02. The van der Waals surface area contributed by atoms with Gasteiger partial charge in [-0.3, -0.25) is 4.79 Å². The topological polar surface area (TPSA) is 55.1 Å². The first kappa shape index (κ1) is 15.5. The van der Waals surface area contributed by atoms with E-state index >= 15 is 0 Å². The number of carbonyl (C=O) groups is 1. The molecule has 0 aliphatic rings. The Hall–Kier alpha value is -1.51. The van der Waals surface area contributed by atoms with Crippen LogP contribution in [0.2, 0.25) is 0 Å². The molecule has 0 saturated carbocycles. The first-order valence-corrected chi connectivity index (χ1v) is 7.08. The molecule has 0 aromatic heterocycles. The Morgan fingerprint density at radius 3 is 2.42 bits per heavy atom. The van der Waals surface area contributed by atoms with Crippen molar-refractivity contribution in [2.75, 3.05) is 12.3 Å². The lowest BCUT2D eigenvalue weighted by atomic mass is 9.87. The molecule has 3 N–H and O–H groups in total. The second-order valence-corrected chi connectivity index (χ2v) is 5.93. The van der Waals surface area contributed by atoms with Gasteiger partial charge in [-0.2, -0.15) is 0 Å². The van der Waals surface area contributed by atoms with Crippen molar-refractivity contribution in [3.63, 3.8) is 0 Å². The van der Waals surface area contributed by atoms with Gasteiger partial charge in [-0.05, 0) is 36.1 Å². The summed E-state index contributed by atoms with van der Waals surface area (Å²) >= 11 is 0. The van der Waals surface area contributed by atoms with E-state index in [2.05, 4.69) is 26.1 Å². The van der Waals surface area contributed by atoms with Gasteiger partial charge in [0.15, 0.2) is 0 Å². The molecule has 0 spiro atoms. The van der Waals surface area contributed by atoms with Gasteiger partial charge in [-0.15, -0.1) is 0 Å². The van der Waals surface area contributed by atoms with E-state index < -0.39 is 0 Å². The van der Waals surface area contributed by atoms with E-state index in [4.69, 9.17) is 5.73 Å². The Kier molecular flexibility index (Phi) is 5.87. The van der Waals surface area contributed by atoms with Crippen molar-refractivity contribution in [3.05, 3.63) is 29.8 Å². The smallest absolute Gasteiger partial charge is 0.251 e. The van der Waals surface area contributed by atoms with Crippen molar-refractivity contribution in [2.24, 2.45) is 5.41 Å². The lowest BCUT2D eigenvalue weighted by Crippen LogP contribution is -2.34. The second-order valence-electron chi connectivity index (χ2n) is 5.93. The van der Waals surface area contributed by atoms with Gasteiger partial charge >= 0.3 is 0 Å². The van der Waals surface area contributed by atoms with E-state index in [1.807, 2.05) is 0 Å². The lowest BCUT2D eigenvalue weighted by molar-refractivity contribution is 0.0934. The number of rotatable bonds is 7. The summed E-state index contributed by atoms with van der Waals surface area (Å²) in [4.78, 5) is 12.0. The molecule has 0 aliphatic heterocycles. The maximum atomic E-state index is 12.0. The number of nitrogens with two attached hydrogens (primary N) is 1. The maximum Gasteiger partial charge on any atom is 0.251 e. The lowest BCUT2D eigenvalue weighted by Gasteiger charge is -2.25. The largest absolute Gasteiger partial charge is 0.399 e. The van der Waals surface area contributed by atoms with Crippen molar-refractivity contribution in [3.8, 4) is 0 Å². The number of nitrogens with one attached hydrogen (secondary N) is 1. The quantitative estimate of drug-likeness (QED) is 0.582. The third kappa shape index (κ3) is 5.77. The fourth-order valence-corrected chi connectivity index (χ4v) is 2.00. The van der Waals surface area contributed by atoms with Crippen LogP contribution < -0.4 is 11.1 Å². The molecule has 0 unspecified atom stereocenters. The predicted octanol–water partition coefficient (Wildman–Crippen LogP) is 3.61. The number of benzene rings is 1. The highest BCUT2D eigenvalue weighted by Crippen LogP contribution is 2.22. The van der Waals surface area contributed by atoms with Crippen LogP contribution >= 0.6 is 0 Å². The first-order chi connectivity index (χ1) is 8.94. The molecule has 106 valence electrons.